The molecule has 0 bridgehead atoms. The molecule has 2 N–H and O–H groups in total. The van der Waals surface area contributed by atoms with Crippen LogP contribution in [-0.4, -0.2) is 17.0 Å². The van der Waals surface area contributed by atoms with Crippen LogP contribution in [0.4, 0.5) is 5.69 Å². The quantitative estimate of drug-likeness (QED) is 0.716. The highest BCUT2D eigenvalue weighted by molar-refractivity contribution is 6.35. The van der Waals surface area contributed by atoms with Gasteiger partial charge in [0.25, 0.3) is 0 Å². The molecule has 0 aliphatic carbocycles. The average Bonchev–Trinajstić information content (AvgIpc) is 2.54. The lowest BCUT2D eigenvalue weighted by atomic mass is 10.1. The van der Waals surface area contributed by atoms with Crippen LogP contribution in [-0.2, 0) is 4.79 Å². The van der Waals surface area contributed by atoms with Gasteiger partial charge in [0.2, 0.25) is 5.91 Å². The molecule has 2 aromatic rings. The Balaban J connectivity index is 2.31. The normalized spacial score (nSPS) is 10.8. The van der Waals surface area contributed by atoms with Crippen molar-refractivity contribution in [3.63, 3.8) is 0 Å². The van der Waals surface area contributed by atoms with Crippen molar-refractivity contribution in [1.29, 1.82) is 0 Å². The van der Waals surface area contributed by atoms with E-state index in [1.165, 1.54) is 6.07 Å². The van der Waals surface area contributed by atoms with Gasteiger partial charge < -0.3 is 10.4 Å². The molecule has 0 saturated carbocycles. The minimum Gasteiger partial charge on any atom is -0.478 e. The summed E-state index contributed by atoms with van der Waals surface area (Å²) < 4.78 is 0. The minimum atomic E-state index is -1.11. The van der Waals surface area contributed by atoms with Crippen molar-refractivity contribution in [3.8, 4) is 0 Å². The number of hydrogen-bond donors (Lipinski definition) is 2. The van der Waals surface area contributed by atoms with Crippen LogP contribution in [0.15, 0.2) is 36.4 Å². The van der Waals surface area contributed by atoms with E-state index in [-0.39, 0.29) is 23.6 Å². The number of hydrogen-bond acceptors (Lipinski definition) is 2. The molecule has 0 aliphatic heterocycles. The molecule has 0 unspecified atom stereocenters. The third kappa shape index (κ3) is 4.60. The molecule has 0 atom stereocenters. The predicted octanol–water partition coefficient (Wildman–Crippen LogP) is 5.21. The lowest BCUT2D eigenvalue weighted by molar-refractivity contribution is -0.115. The standard InChI is InChI=1S/C18H15Cl2NO3/c1-2-17(22)21-16-8-4-11(9-14(16)18(23)24)3-5-12-6-7-13(19)10-15(12)20/h3-10H,2H2,1H3,(H,21,22)(H,23,24)/b5-3+. The van der Waals surface area contributed by atoms with Gasteiger partial charge in [0.1, 0.15) is 0 Å². The lowest BCUT2D eigenvalue weighted by Gasteiger charge is -2.08. The van der Waals surface area contributed by atoms with E-state index in [9.17, 15) is 14.7 Å². The number of rotatable bonds is 5. The molecule has 0 heterocycles. The Morgan fingerprint density at radius 1 is 1.12 bits per heavy atom. The summed E-state index contributed by atoms with van der Waals surface area (Å²) in [4.78, 5) is 22.9. The van der Waals surface area contributed by atoms with E-state index in [1.807, 2.05) is 0 Å². The summed E-state index contributed by atoms with van der Waals surface area (Å²) >= 11 is 12.0. The fourth-order valence-electron chi connectivity index (χ4n) is 2.01. The molecule has 0 spiro atoms. The highest BCUT2D eigenvalue weighted by Crippen LogP contribution is 2.24. The third-order valence-corrected chi connectivity index (χ3v) is 3.85. The maximum atomic E-state index is 11.5. The molecule has 2 aromatic carbocycles. The van der Waals surface area contributed by atoms with Crippen LogP contribution in [0.1, 0.15) is 34.8 Å². The number of nitrogens with one attached hydrogen (secondary N) is 1. The lowest BCUT2D eigenvalue weighted by Crippen LogP contribution is -2.13. The second kappa shape index (κ2) is 7.99. The van der Waals surface area contributed by atoms with Gasteiger partial charge in [-0.3, -0.25) is 4.79 Å². The van der Waals surface area contributed by atoms with E-state index < -0.39 is 5.97 Å². The van der Waals surface area contributed by atoms with Gasteiger partial charge in [0, 0.05) is 16.5 Å². The zero-order valence-electron chi connectivity index (χ0n) is 12.8. The molecule has 0 fully saturated rings. The Hall–Kier alpha value is -2.30. The van der Waals surface area contributed by atoms with Crippen molar-refractivity contribution in [3.05, 3.63) is 63.1 Å². The van der Waals surface area contributed by atoms with Crippen molar-refractivity contribution in [2.45, 2.75) is 13.3 Å². The van der Waals surface area contributed by atoms with Crippen molar-refractivity contribution in [1.82, 2.24) is 0 Å². The summed E-state index contributed by atoms with van der Waals surface area (Å²) in [6, 6.07) is 9.91. The number of carbonyl (C=O) groups excluding carboxylic acids is 1. The first-order chi connectivity index (χ1) is 11.4. The molecule has 124 valence electrons. The molecular formula is C18H15Cl2NO3. The van der Waals surface area contributed by atoms with Gasteiger partial charge in [-0.25, -0.2) is 4.79 Å². The molecule has 0 aliphatic rings. The fraction of sp³-hybridized carbons (Fsp3) is 0.111. The Kier molecular flexibility index (Phi) is 6.01. The fourth-order valence-corrected chi connectivity index (χ4v) is 2.48. The van der Waals surface area contributed by atoms with E-state index in [0.29, 0.717) is 15.6 Å². The molecule has 4 nitrogen and oxygen atoms in total. The minimum absolute atomic E-state index is 0.0288. The molecule has 6 heteroatoms. The van der Waals surface area contributed by atoms with E-state index in [0.717, 1.165) is 5.56 Å². The Bertz CT molecular complexity index is 816. The van der Waals surface area contributed by atoms with Crippen LogP contribution in [0.2, 0.25) is 10.0 Å². The second-order valence-electron chi connectivity index (χ2n) is 5.01. The zero-order chi connectivity index (χ0) is 17.7. The first-order valence-corrected chi connectivity index (χ1v) is 7.96. The van der Waals surface area contributed by atoms with Crippen molar-refractivity contribution >= 4 is 52.9 Å². The molecular weight excluding hydrogens is 349 g/mol. The highest BCUT2D eigenvalue weighted by Gasteiger charge is 2.12. The van der Waals surface area contributed by atoms with Gasteiger partial charge in [0.15, 0.2) is 0 Å². The van der Waals surface area contributed by atoms with Crippen LogP contribution >= 0.6 is 23.2 Å². The zero-order valence-corrected chi connectivity index (χ0v) is 14.4. The third-order valence-electron chi connectivity index (χ3n) is 3.29. The number of amides is 1. The Morgan fingerprint density at radius 3 is 2.50 bits per heavy atom. The predicted molar refractivity (Wildman–Crippen MR) is 97.7 cm³/mol. The van der Waals surface area contributed by atoms with Crippen LogP contribution in [0.5, 0.6) is 0 Å². The molecule has 0 aromatic heterocycles. The van der Waals surface area contributed by atoms with E-state index in [4.69, 9.17) is 23.2 Å². The number of benzene rings is 2. The number of aromatic carboxylic acids is 1. The van der Waals surface area contributed by atoms with E-state index in [2.05, 4.69) is 5.32 Å². The molecule has 0 saturated heterocycles. The summed E-state index contributed by atoms with van der Waals surface area (Å²) in [5.74, 6) is -1.35. The van der Waals surface area contributed by atoms with Gasteiger partial charge in [-0.2, -0.15) is 0 Å². The van der Waals surface area contributed by atoms with Gasteiger partial charge in [-0.05, 0) is 35.4 Å². The SMILES string of the molecule is CCC(=O)Nc1ccc(/C=C/c2ccc(Cl)cc2Cl)cc1C(=O)O. The number of carbonyl (C=O) groups is 2. The van der Waals surface area contributed by atoms with Gasteiger partial charge in [0.05, 0.1) is 11.3 Å². The summed E-state index contributed by atoms with van der Waals surface area (Å²) in [6.07, 6.45) is 3.78. The summed E-state index contributed by atoms with van der Waals surface area (Å²) in [5.41, 5.74) is 1.74. The first kappa shape index (κ1) is 18.0. The number of carboxylic acids is 1. The van der Waals surface area contributed by atoms with Gasteiger partial charge in [-0.1, -0.05) is 54.4 Å². The van der Waals surface area contributed by atoms with Crippen molar-refractivity contribution < 1.29 is 14.7 Å². The molecule has 0 radical (unpaired) electrons. The van der Waals surface area contributed by atoms with Crippen LogP contribution in [0.25, 0.3) is 12.2 Å². The Morgan fingerprint density at radius 2 is 1.88 bits per heavy atom. The van der Waals surface area contributed by atoms with E-state index >= 15 is 0 Å². The number of halogens is 2. The Labute approximate surface area is 149 Å². The molecule has 2 rings (SSSR count). The van der Waals surface area contributed by atoms with Crippen LogP contribution < -0.4 is 5.32 Å². The van der Waals surface area contributed by atoms with E-state index in [1.54, 1.807) is 49.4 Å². The van der Waals surface area contributed by atoms with Gasteiger partial charge in [-0.15, -0.1) is 0 Å². The second-order valence-corrected chi connectivity index (χ2v) is 5.85. The monoisotopic (exact) mass is 363 g/mol. The van der Waals surface area contributed by atoms with Crippen molar-refractivity contribution in [2.24, 2.45) is 0 Å². The summed E-state index contributed by atoms with van der Waals surface area (Å²) in [5, 5.41) is 12.9. The summed E-state index contributed by atoms with van der Waals surface area (Å²) in [7, 11) is 0. The number of anilines is 1. The molecule has 1 amide bonds. The first-order valence-electron chi connectivity index (χ1n) is 7.21. The highest BCUT2D eigenvalue weighted by atomic mass is 35.5. The summed E-state index contributed by atoms with van der Waals surface area (Å²) in [6.45, 7) is 1.70. The van der Waals surface area contributed by atoms with Gasteiger partial charge >= 0.3 is 5.97 Å². The smallest absolute Gasteiger partial charge is 0.337 e. The average molecular weight is 364 g/mol. The topological polar surface area (TPSA) is 66.4 Å². The maximum Gasteiger partial charge on any atom is 0.337 e. The maximum absolute atomic E-state index is 11.5. The van der Waals surface area contributed by atoms with Crippen LogP contribution in [0, 0.1) is 0 Å². The van der Waals surface area contributed by atoms with Crippen molar-refractivity contribution in [2.75, 3.05) is 5.32 Å². The number of carboxylic acid groups (broad SMARTS) is 1. The van der Waals surface area contributed by atoms with Crippen LogP contribution in [0.3, 0.4) is 0 Å². The largest absolute Gasteiger partial charge is 0.478 e. The molecule has 24 heavy (non-hydrogen) atoms.